The fraction of sp³-hybridized carbons (Fsp3) is 0.917. The van der Waals surface area contributed by atoms with Crippen LogP contribution >= 0.6 is 0 Å². The van der Waals surface area contributed by atoms with Gasteiger partial charge in [0.2, 0.25) is 5.91 Å². The van der Waals surface area contributed by atoms with Gasteiger partial charge in [0.25, 0.3) is 0 Å². The maximum Gasteiger partial charge on any atom is 0.220 e. The average molecular weight is 241 g/mol. The first-order valence-electron chi connectivity index (χ1n) is 6.58. The van der Waals surface area contributed by atoms with Gasteiger partial charge in [0.05, 0.1) is 13.2 Å². The number of amides is 1. The summed E-state index contributed by atoms with van der Waals surface area (Å²) in [5, 5.41) is 9.90. The van der Waals surface area contributed by atoms with Crippen LogP contribution in [0.5, 0.6) is 0 Å². The molecule has 0 spiro atoms. The topological polar surface area (TPSA) is 62.4 Å². The van der Waals surface area contributed by atoms with E-state index in [-0.39, 0.29) is 5.91 Å². The SMILES string of the molecule is CC(CC1COCCN1)NCC1CCC(=O)N1. The molecule has 3 N–H and O–H groups in total. The Morgan fingerprint density at radius 3 is 3.06 bits per heavy atom. The summed E-state index contributed by atoms with van der Waals surface area (Å²) in [5.74, 6) is 0.187. The molecule has 2 saturated heterocycles. The van der Waals surface area contributed by atoms with Gasteiger partial charge in [-0.25, -0.2) is 0 Å². The molecule has 0 aromatic rings. The minimum atomic E-state index is 0.187. The molecule has 5 nitrogen and oxygen atoms in total. The number of morpholine rings is 1. The lowest BCUT2D eigenvalue weighted by molar-refractivity contribution is -0.119. The van der Waals surface area contributed by atoms with E-state index in [0.717, 1.165) is 39.1 Å². The Bertz CT molecular complexity index is 254. The standard InChI is InChI=1S/C12H23N3O2/c1-9(6-11-8-17-5-4-13-11)14-7-10-2-3-12(16)15-10/h9-11,13-14H,2-8H2,1H3,(H,15,16). The van der Waals surface area contributed by atoms with Crippen molar-refractivity contribution in [2.75, 3.05) is 26.3 Å². The molecule has 0 radical (unpaired) electrons. The van der Waals surface area contributed by atoms with Gasteiger partial charge in [0.15, 0.2) is 0 Å². The van der Waals surface area contributed by atoms with Crippen LogP contribution in [0.4, 0.5) is 0 Å². The zero-order valence-electron chi connectivity index (χ0n) is 10.5. The van der Waals surface area contributed by atoms with Crippen LogP contribution in [0.15, 0.2) is 0 Å². The zero-order valence-corrected chi connectivity index (χ0v) is 10.5. The Labute approximate surface area is 103 Å². The van der Waals surface area contributed by atoms with E-state index in [2.05, 4.69) is 22.9 Å². The molecule has 2 fully saturated rings. The van der Waals surface area contributed by atoms with Crippen molar-refractivity contribution in [3.63, 3.8) is 0 Å². The number of ether oxygens (including phenoxy) is 1. The van der Waals surface area contributed by atoms with Crippen molar-refractivity contribution in [1.82, 2.24) is 16.0 Å². The number of nitrogens with one attached hydrogen (secondary N) is 3. The summed E-state index contributed by atoms with van der Waals surface area (Å²) in [5.41, 5.74) is 0. The van der Waals surface area contributed by atoms with Crippen LogP contribution in [0, 0.1) is 0 Å². The molecule has 98 valence electrons. The molecular weight excluding hydrogens is 218 g/mol. The summed E-state index contributed by atoms with van der Waals surface area (Å²) >= 11 is 0. The Morgan fingerprint density at radius 2 is 2.41 bits per heavy atom. The Kier molecular flexibility index (Phi) is 4.76. The molecule has 0 aromatic heterocycles. The van der Waals surface area contributed by atoms with Crippen LogP contribution in [-0.4, -0.2) is 50.3 Å². The molecule has 2 aliphatic rings. The van der Waals surface area contributed by atoms with E-state index in [1.54, 1.807) is 0 Å². The van der Waals surface area contributed by atoms with Gasteiger partial charge >= 0.3 is 0 Å². The van der Waals surface area contributed by atoms with Crippen molar-refractivity contribution >= 4 is 5.91 Å². The quantitative estimate of drug-likeness (QED) is 0.614. The van der Waals surface area contributed by atoms with Crippen LogP contribution in [0.2, 0.25) is 0 Å². The van der Waals surface area contributed by atoms with Crippen LogP contribution in [0.1, 0.15) is 26.2 Å². The fourth-order valence-electron chi connectivity index (χ4n) is 2.46. The highest BCUT2D eigenvalue weighted by atomic mass is 16.5. The average Bonchev–Trinajstić information content (AvgIpc) is 2.74. The van der Waals surface area contributed by atoms with E-state index in [0.29, 0.717) is 24.5 Å². The molecule has 0 aromatic carbocycles. The van der Waals surface area contributed by atoms with E-state index in [1.165, 1.54) is 0 Å². The lowest BCUT2D eigenvalue weighted by Crippen LogP contribution is -2.46. The van der Waals surface area contributed by atoms with Crippen LogP contribution < -0.4 is 16.0 Å². The molecule has 0 saturated carbocycles. The highest BCUT2D eigenvalue weighted by Gasteiger charge is 2.21. The van der Waals surface area contributed by atoms with Gasteiger partial charge in [-0.15, -0.1) is 0 Å². The second-order valence-electron chi connectivity index (χ2n) is 5.07. The number of carbonyl (C=O) groups excluding carboxylic acids is 1. The van der Waals surface area contributed by atoms with Gasteiger partial charge in [-0.3, -0.25) is 4.79 Å². The minimum absolute atomic E-state index is 0.187. The Balaban J connectivity index is 1.60. The first-order valence-corrected chi connectivity index (χ1v) is 6.58. The molecule has 1 amide bonds. The number of rotatable bonds is 5. The van der Waals surface area contributed by atoms with Crippen molar-refractivity contribution in [2.45, 2.75) is 44.3 Å². The lowest BCUT2D eigenvalue weighted by Gasteiger charge is -2.27. The third-order valence-electron chi connectivity index (χ3n) is 3.43. The second-order valence-corrected chi connectivity index (χ2v) is 5.07. The van der Waals surface area contributed by atoms with Crippen LogP contribution in [-0.2, 0) is 9.53 Å². The third-order valence-corrected chi connectivity index (χ3v) is 3.43. The zero-order chi connectivity index (χ0) is 12.1. The molecule has 3 atom stereocenters. The molecule has 3 unspecified atom stereocenters. The second kappa shape index (κ2) is 6.33. The molecule has 2 heterocycles. The van der Waals surface area contributed by atoms with Gasteiger partial charge in [0, 0.05) is 37.6 Å². The van der Waals surface area contributed by atoms with Crippen LogP contribution in [0.25, 0.3) is 0 Å². The Hall–Kier alpha value is -0.650. The first kappa shape index (κ1) is 12.8. The molecule has 17 heavy (non-hydrogen) atoms. The van der Waals surface area contributed by atoms with Crippen LogP contribution in [0.3, 0.4) is 0 Å². The number of hydrogen-bond acceptors (Lipinski definition) is 4. The molecule has 5 heteroatoms. The summed E-state index contributed by atoms with van der Waals surface area (Å²) in [7, 11) is 0. The molecular formula is C12H23N3O2. The molecule has 2 rings (SSSR count). The number of carbonyl (C=O) groups is 1. The predicted molar refractivity (Wildman–Crippen MR) is 65.9 cm³/mol. The van der Waals surface area contributed by atoms with Gasteiger partial charge in [-0.1, -0.05) is 0 Å². The Morgan fingerprint density at radius 1 is 1.53 bits per heavy atom. The van der Waals surface area contributed by atoms with E-state index >= 15 is 0 Å². The monoisotopic (exact) mass is 241 g/mol. The van der Waals surface area contributed by atoms with Gasteiger partial charge in [-0.05, 0) is 19.8 Å². The summed E-state index contributed by atoms with van der Waals surface area (Å²) in [6.07, 6.45) is 2.71. The normalized spacial score (nSPS) is 31.2. The van der Waals surface area contributed by atoms with Crippen molar-refractivity contribution in [3.8, 4) is 0 Å². The summed E-state index contributed by atoms with van der Waals surface area (Å²) in [6, 6.07) is 1.23. The van der Waals surface area contributed by atoms with Crippen molar-refractivity contribution in [2.24, 2.45) is 0 Å². The molecule has 0 aliphatic carbocycles. The van der Waals surface area contributed by atoms with Gasteiger partial charge in [-0.2, -0.15) is 0 Å². The highest BCUT2D eigenvalue weighted by molar-refractivity contribution is 5.78. The van der Waals surface area contributed by atoms with Crippen molar-refractivity contribution in [3.05, 3.63) is 0 Å². The van der Waals surface area contributed by atoms with Crippen molar-refractivity contribution < 1.29 is 9.53 Å². The fourth-order valence-corrected chi connectivity index (χ4v) is 2.46. The summed E-state index contributed by atoms with van der Waals surface area (Å²) < 4.78 is 5.43. The maximum atomic E-state index is 11.0. The van der Waals surface area contributed by atoms with E-state index < -0.39 is 0 Å². The molecule has 0 bridgehead atoms. The first-order chi connectivity index (χ1) is 8.24. The van der Waals surface area contributed by atoms with E-state index in [9.17, 15) is 4.79 Å². The summed E-state index contributed by atoms with van der Waals surface area (Å²) in [6.45, 7) is 5.65. The van der Waals surface area contributed by atoms with E-state index in [4.69, 9.17) is 4.74 Å². The number of hydrogen-bond donors (Lipinski definition) is 3. The highest BCUT2D eigenvalue weighted by Crippen LogP contribution is 2.07. The third kappa shape index (κ3) is 4.26. The molecule has 2 aliphatic heterocycles. The predicted octanol–water partition coefficient (Wildman–Crippen LogP) is -0.378. The van der Waals surface area contributed by atoms with Crippen molar-refractivity contribution in [1.29, 1.82) is 0 Å². The minimum Gasteiger partial charge on any atom is -0.379 e. The smallest absolute Gasteiger partial charge is 0.220 e. The summed E-state index contributed by atoms with van der Waals surface area (Å²) in [4.78, 5) is 11.0. The van der Waals surface area contributed by atoms with Gasteiger partial charge < -0.3 is 20.7 Å². The largest absolute Gasteiger partial charge is 0.379 e. The van der Waals surface area contributed by atoms with E-state index in [1.807, 2.05) is 0 Å². The maximum absolute atomic E-state index is 11.0. The lowest BCUT2D eigenvalue weighted by atomic mass is 10.1. The van der Waals surface area contributed by atoms with Gasteiger partial charge in [0.1, 0.15) is 0 Å².